The highest BCUT2D eigenvalue weighted by Crippen LogP contribution is 2.00. The van der Waals surface area contributed by atoms with Crippen molar-refractivity contribution >= 4 is 6.08 Å². The molecule has 0 aliphatic rings. The van der Waals surface area contributed by atoms with Gasteiger partial charge in [-0.1, -0.05) is 56.0 Å². The third kappa shape index (κ3) is 7.05. The highest BCUT2D eigenvalue weighted by molar-refractivity contribution is 5.48. The van der Waals surface area contributed by atoms with Gasteiger partial charge in [0.05, 0.1) is 13.2 Å². The first kappa shape index (κ1) is 14.7. The van der Waals surface area contributed by atoms with E-state index in [0.717, 1.165) is 25.1 Å². The monoisotopic (exact) mass is 245 g/mol. The van der Waals surface area contributed by atoms with Gasteiger partial charge in [0.1, 0.15) is 0 Å². The van der Waals surface area contributed by atoms with Crippen LogP contribution in [0.3, 0.4) is 0 Å². The minimum Gasteiger partial charge on any atom is -0.373 e. The molecule has 0 spiro atoms. The molecule has 1 aromatic rings. The van der Waals surface area contributed by atoms with Crippen LogP contribution in [0.4, 0.5) is 0 Å². The average Bonchev–Trinajstić information content (AvgIpc) is 2.40. The summed E-state index contributed by atoms with van der Waals surface area (Å²) in [7, 11) is 0. The molecule has 0 aromatic heterocycles. The zero-order valence-electron chi connectivity index (χ0n) is 11.2. The molecule has 0 atom stereocenters. The summed E-state index contributed by atoms with van der Waals surface area (Å²) in [6.45, 7) is 9.25. The quantitative estimate of drug-likeness (QED) is 0.532. The Labute approximate surface area is 110 Å². The fourth-order valence-electron chi connectivity index (χ4n) is 1.51. The van der Waals surface area contributed by atoms with Gasteiger partial charge in [0, 0.05) is 6.54 Å². The fraction of sp³-hybridized carbons (Fsp3) is 0.375. The first-order chi connectivity index (χ1) is 8.83. The molecule has 0 unspecified atom stereocenters. The molecule has 0 aliphatic heterocycles. The van der Waals surface area contributed by atoms with Crippen molar-refractivity contribution < 1.29 is 4.74 Å². The van der Waals surface area contributed by atoms with Crippen molar-refractivity contribution in [3.05, 3.63) is 54.1 Å². The lowest BCUT2D eigenvalue weighted by molar-refractivity contribution is 0.186. The minimum atomic E-state index is 0.621. The Kier molecular flexibility index (Phi) is 7.85. The first-order valence-corrected chi connectivity index (χ1v) is 6.49. The molecule has 18 heavy (non-hydrogen) atoms. The van der Waals surface area contributed by atoms with Crippen molar-refractivity contribution in [1.82, 2.24) is 5.32 Å². The van der Waals surface area contributed by atoms with Crippen LogP contribution in [0.25, 0.3) is 6.08 Å². The van der Waals surface area contributed by atoms with E-state index in [2.05, 4.69) is 37.0 Å². The predicted molar refractivity (Wildman–Crippen MR) is 78.6 cm³/mol. The molecule has 1 aromatic carbocycles. The molecular weight excluding hydrogens is 222 g/mol. The largest absolute Gasteiger partial charge is 0.373 e. The molecule has 0 bridgehead atoms. The summed E-state index contributed by atoms with van der Waals surface area (Å²) in [4.78, 5) is 0. The van der Waals surface area contributed by atoms with E-state index >= 15 is 0 Å². The predicted octanol–water partition coefficient (Wildman–Crippen LogP) is 3.27. The van der Waals surface area contributed by atoms with Crippen LogP contribution in [-0.2, 0) is 4.74 Å². The van der Waals surface area contributed by atoms with Crippen LogP contribution in [0.1, 0.15) is 18.9 Å². The summed E-state index contributed by atoms with van der Waals surface area (Å²) < 4.78 is 5.52. The summed E-state index contributed by atoms with van der Waals surface area (Å²) in [5, 5.41) is 3.30. The van der Waals surface area contributed by atoms with Crippen LogP contribution in [0, 0.1) is 0 Å². The van der Waals surface area contributed by atoms with Crippen LogP contribution in [0.5, 0.6) is 0 Å². The third-order valence-corrected chi connectivity index (χ3v) is 2.43. The smallest absolute Gasteiger partial charge is 0.0690 e. The van der Waals surface area contributed by atoms with Crippen LogP contribution in [-0.4, -0.2) is 26.3 Å². The maximum atomic E-state index is 5.52. The van der Waals surface area contributed by atoms with E-state index in [1.54, 1.807) is 0 Å². The standard InChI is InChI=1S/C16H23NO/c1-3-11-17-13-15(2)14-18-12-7-10-16-8-5-4-6-9-16/h4-10,17H,2-3,11-14H2,1H3/b10-7+. The van der Waals surface area contributed by atoms with E-state index < -0.39 is 0 Å². The Balaban J connectivity index is 2.08. The topological polar surface area (TPSA) is 21.3 Å². The van der Waals surface area contributed by atoms with Gasteiger partial charge in [-0.3, -0.25) is 0 Å². The van der Waals surface area contributed by atoms with Crippen molar-refractivity contribution in [1.29, 1.82) is 0 Å². The Bertz CT molecular complexity index is 357. The molecule has 2 heteroatoms. The summed E-state index contributed by atoms with van der Waals surface area (Å²) in [6.07, 6.45) is 5.24. The molecule has 1 rings (SSSR count). The summed E-state index contributed by atoms with van der Waals surface area (Å²) in [5.74, 6) is 0. The van der Waals surface area contributed by atoms with Crippen molar-refractivity contribution in [2.24, 2.45) is 0 Å². The molecule has 0 fully saturated rings. The van der Waals surface area contributed by atoms with E-state index in [1.807, 2.05) is 24.3 Å². The lowest BCUT2D eigenvalue weighted by atomic mass is 10.2. The van der Waals surface area contributed by atoms with Gasteiger partial charge in [0.2, 0.25) is 0 Å². The highest BCUT2D eigenvalue weighted by atomic mass is 16.5. The van der Waals surface area contributed by atoms with Gasteiger partial charge in [0.25, 0.3) is 0 Å². The van der Waals surface area contributed by atoms with Crippen LogP contribution in [0.2, 0.25) is 0 Å². The lowest BCUT2D eigenvalue weighted by Gasteiger charge is -2.06. The molecular formula is C16H23NO. The zero-order valence-corrected chi connectivity index (χ0v) is 11.2. The number of rotatable bonds is 9. The van der Waals surface area contributed by atoms with E-state index in [1.165, 1.54) is 5.56 Å². The molecule has 2 nitrogen and oxygen atoms in total. The second-order valence-electron chi connectivity index (χ2n) is 4.25. The van der Waals surface area contributed by atoms with Gasteiger partial charge >= 0.3 is 0 Å². The maximum Gasteiger partial charge on any atom is 0.0690 e. The van der Waals surface area contributed by atoms with Crippen LogP contribution >= 0.6 is 0 Å². The molecule has 0 heterocycles. The Morgan fingerprint density at radius 2 is 2.11 bits per heavy atom. The zero-order chi connectivity index (χ0) is 13.1. The first-order valence-electron chi connectivity index (χ1n) is 6.49. The molecule has 0 saturated heterocycles. The average molecular weight is 245 g/mol. The third-order valence-electron chi connectivity index (χ3n) is 2.43. The van der Waals surface area contributed by atoms with Gasteiger partial charge < -0.3 is 10.1 Å². The molecule has 0 radical (unpaired) electrons. The Hall–Kier alpha value is -1.38. The molecule has 1 N–H and O–H groups in total. The SMILES string of the molecule is C=C(CNCCC)COC/C=C/c1ccccc1. The van der Waals surface area contributed by atoms with Crippen molar-refractivity contribution in [3.63, 3.8) is 0 Å². The second kappa shape index (κ2) is 9.63. The van der Waals surface area contributed by atoms with Gasteiger partial charge in [-0.2, -0.15) is 0 Å². The Morgan fingerprint density at radius 3 is 2.83 bits per heavy atom. The van der Waals surface area contributed by atoms with Gasteiger partial charge in [-0.15, -0.1) is 0 Å². The Morgan fingerprint density at radius 1 is 1.33 bits per heavy atom. The van der Waals surface area contributed by atoms with Crippen LogP contribution < -0.4 is 5.32 Å². The highest BCUT2D eigenvalue weighted by Gasteiger charge is 1.93. The molecule has 0 amide bonds. The lowest BCUT2D eigenvalue weighted by Crippen LogP contribution is -2.19. The summed E-state index contributed by atoms with van der Waals surface area (Å²) in [5.41, 5.74) is 2.29. The number of nitrogens with one attached hydrogen (secondary N) is 1. The summed E-state index contributed by atoms with van der Waals surface area (Å²) in [6, 6.07) is 10.2. The fourth-order valence-corrected chi connectivity index (χ4v) is 1.51. The number of hydrogen-bond acceptors (Lipinski definition) is 2. The number of hydrogen-bond donors (Lipinski definition) is 1. The second-order valence-corrected chi connectivity index (χ2v) is 4.25. The summed E-state index contributed by atoms with van der Waals surface area (Å²) >= 11 is 0. The van der Waals surface area contributed by atoms with Crippen molar-refractivity contribution in [2.75, 3.05) is 26.3 Å². The van der Waals surface area contributed by atoms with Gasteiger partial charge in [0.15, 0.2) is 0 Å². The van der Waals surface area contributed by atoms with E-state index in [4.69, 9.17) is 4.74 Å². The van der Waals surface area contributed by atoms with E-state index in [0.29, 0.717) is 13.2 Å². The van der Waals surface area contributed by atoms with E-state index in [-0.39, 0.29) is 0 Å². The maximum absolute atomic E-state index is 5.52. The van der Waals surface area contributed by atoms with E-state index in [9.17, 15) is 0 Å². The minimum absolute atomic E-state index is 0.621. The van der Waals surface area contributed by atoms with Crippen molar-refractivity contribution in [2.45, 2.75) is 13.3 Å². The molecule has 98 valence electrons. The molecule has 0 aliphatic carbocycles. The van der Waals surface area contributed by atoms with Crippen LogP contribution in [0.15, 0.2) is 48.6 Å². The number of benzene rings is 1. The normalized spacial score (nSPS) is 10.9. The van der Waals surface area contributed by atoms with Crippen molar-refractivity contribution in [3.8, 4) is 0 Å². The van der Waals surface area contributed by atoms with Gasteiger partial charge in [-0.25, -0.2) is 0 Å². The number of ether oxygens (including phenoxy) is 1. The molecule has 0 saturated carbocycles. The van der Waals surface area contributed by atoms with Gasteiger partial charge in [-0.05, 0) is 24.1 Å².